The second-order valence-electron chi connectivity index (χ2n) is 7.18. The molecule has 4 nitrogen and oxygen atoms in total. The van der Waals surface area contributed by atoms with Crippen molar-refractivity contribution in [1.29, 1.82) is 0 Å². The third-order valence-corrected chi connectivity index (χ3v) is 4.48. The zero-order chi connectivity index (χ0) is 16.2. The first-order valence-corrected chi connectivity index (χ1v) is 8.27. The summed E-state index contributed by atoms with van der Waals surface area (Å²) in [7, 11) is 3.99. The number of likely N-dealkylation sites (tertiary alicyclic amines) is 1. The maximum Gasteiger partial charge on any atom is 0.0869 e. The summed E-state index contributed by atoms with van der Waals surface area (Å²) in [6.07, 6.45) is 1.15. The van der Waals surface area contributed by atoms with Gasteiger partial charge in [0.05, 0.1) is 5.60 Å². The van der Waals surface area contributed by atoms with E-state index in [1.54, 1.807) is 0 Å². The molecule has 1 aromatic carbocycles. The van der Waals surface area contributed by atoms with Crippen molar-refractivity contribution in [3.8, 4) is 0 Å². The highest BCUT2D eigenvalue weighted by Crippen LogP contribution is 2.24. The molecule has 0 saturated carbocycles. The molecule has 1 heterocycles. The summed E-state index contributed by atoms with van der Waals surface area (Å²) < 4.78 is 0. The molecule has 0 aromatic heterocycles. The minimum atomic E-state index is -0.679. The fourth-order valence-electron chi connectivity index (χ4n) is 3.35. The molecule has 0 spiro atoms. The van der Waals surface area contributed by atoms with Gasteiger partial charge in [-0.05, 0) is 39.9 Å². The summed E-state index contributed by atoms with van der Waals surface area (Å²) in [5, 5.41) is 13.9. The van der Waals surface area contributed by atoms with E-state index in [4.69, 9.17) is 0 Å². The van der Waals surface area contributed by atoms with Crippen LogP contribution in [-0.2, 0) is 0 Å². The van der Waals surface area contributed by atoms with Crippen molar-refractivity contribution in [3.63, 3.8) is 0 Å². The Hall–Kier alpha value is -0.940. The largest absolute Gasteiger partial charge is 0.388 e. The van der Waals surface area contributed by atoms with Gasteiger partial charge in [-0.1, -0.05) is 30.3 Å². The third-order valence-electron chi connectivity index (χ3n) is 4.48. The Morgan fingerprint density at radius 1 is 1.36 bits per heavy atom. The van der Waals surface area contributed by atoms with Crippen LogP contribution in [0.2, 0.25) is 0 Å². The second kappa shape index (κ2) is 7.55. The molecule has 0 amide bonds. The van der Waals surface area contributed by atoms with E-state index in [-0.39, 0.29) is 0 Å². The van der Waals surface area contributed by atoms with E-state index >= 15 is 0 Å². The first kappa shape index (κ1) is 17.4. The highest BCUT2D eigenvalue weighted by molar-refractivity contribution is 5.18. The number of hydrogen-bond donors (Lipinski definition) is 2. The number of nitrogens with one attached hydrogen (secondary N) is 1. The Morgan fingerprint density at radius 3 is 2.68 bits per heavy atom. The number of benzene rings is 1. The van der Waals surface area contributed by atoms with Crippen molar-refractivity contribution in [2.45, 2.75) is 38.0 Å². The van der Waals surface area contributed by atoms with E-state index in [9.17, 15) is 5.11 Å². The molecule has 2 rings (SSSR count). The molecule has 124 valence electrons. The Kier molecular flexibility index (Phi) is 5.98. The van der Waals surface area contributed by atoms with Crippen LogP contribution < -0.4 is 5.32 Å². The van der Waals surface area contributed by atoms with Crippen LogP contribution in [0.25, 0.3) is 0 Å². The van der Waals surface area contributed by atoms with Crippen LogP contribution in [0.3, 0.4) is 0 Å². The van der Waals surface area contributed by atoms with Crippen molar-refractivity contribution in [1.82, 2.24) is 15.1 Å². The highest BCUT2D eigenvalue weighted by atomic mass is 16.3. The lowest BCUT2D eigenvalue weighted by molar-refractivity contribution is 0.0314. The molecule has 1 saturated heterocycles. The smallest absolute Gasteiger partial charge is 0.0869 e. The molecule has 0 bridgehead atoms. The van der Waals surface area contributed by atoms with E-state index in [0.717, 1.165) is 19.5 Å². The van der Waals surface area contributed by atoms with E-state index in [1.807, 2.05) is 25.9 Å². The number of nitrogens with zero attached hydrogens (tertiary/aromatic N) is 2. The van der Waals surface area contributed by atoms with Crippen LogP contribution in [0.5, 0.6) is 0 Å². The van der Waals surface area contributed by atoms with Crippen LogP contribution in [0.15, 0.2) is 30.3 Å². The molecule has 1 aromatic rings. The molecular formula is C18H31N3O. The van der Waals surface area contributed by atoms with Crippen molar-refractivity contribution in [2.24, 2.45) is 0 Å². The SMILES string of the molecule is CC(c1ccccc1)N1CCC(NCC(C)(O)CN(C)C)C1. The molecule has 4 heteroatoms. The topological polar surface area (TPSA) is 38.7 Å². The molecule has 1 fully saturated rings. The van der Waals surface area contributed by atoms with Gasteiger partial charge in [0.1, 0.15) is 0 Å². The summed E-state index contributed by atoms with van der Waals surface area (Å²) in [5.74, 6) is 0. The summed E-state index contributed by atoms with van der Waals surface area (Å²) in [5.41, 5.74) is 0.699. The molecule has 1 aliphatic rings. The van der Waals surface area contributed by atoms with Gasteiger partial charge in [0, 0.05) is 38.3 Å². The lowest BCUT2D eigenvalue weighted by atomic mass is 10.1. The molecule has 3 unspecified atom stereocenters. The number of likely N-dealkylation sites (N-methyl/N-ethyl adjacent to an activating group) is 1. The minimum Gasteiger partial charge on any atom is -0.388 e. The lowest BCUT2D eigenvalue weighted by Crippen LogP contribution is -2.48. The molecule has 2 N–H and O–H groups in total. The lowest BCUT2D eigenvalue weighted by Gasteiger charge is -2.29. The molecule has 1 aliphatic heterocycles. The van der Waals surface area contributed by atoms with E-state index in [1.165, 1.54) is 5.56 Å². The predicted molar refractivity (Wildman–Crippen MR) is 92.0 cm³/mol. The molecule has 3 atom stereocenters. The van der Waals surface area contributed by atoms with Gasteiger partial charge < -0.3 is 15.3 Å². The van der Waals surface area contributed by atoms with Gasteiger partial charge in [-0.25, -0.2) is 0 Å². The minimum absolute atomic E-state index is 0.454. The average Bonchev–Trinajstić information content (AvgIpc) is 2.93. The number of rotatable bonds is 7. The van der Waals surface area contributed by atoms with E-state index in [0.29, 0.717) is 25.2 Å². The summed E-state index contributed by atoms with van der Waals surface area (Å²) in [6, 6.07) is 11.6. The third kappa shape index (κ3) is 5.06. The number of aliphatic hydroxyl groups is 1. The highest BCUT2D eigenvalue weighted by Gasteiger charge is 2.29. The van der Waals surface area contributed by atoms with Gasteiger partial charge in [-0.15, -0.1) is 0 Å². The summed E-state index contributed by atoms with van der Waals surface area (Å²) in [4.78, 5) is 4.55. The predicted octanol–water partition coefficient (Wildman–Crippen LogP) is 1.72. The average molecular weight is 305 g/mol. The van der Waals surface area contributed by atoms with Crippen LogP contribution in [0.4, 0.5) is 0 Å². The van der Waals surface area contributed by atoms with Crippen molar-refractivity contribution < 1.29 is 5.11 Å². The first-order chi connectivity index (χ1) is 10.4. The Labute approximate surface area is 135 Å². The van der Waals surface area contributed by atoms with Gasteiger partial charge >= 0.3 is 0 Å². The van der Waals surface area contributed by atoms with Gasteiger partial charge in [-0.3, -0.25) is 4.90 Å². The van der Waals surface area contributed by atoms with Crippen molar-refractivity contribution >= 4 is 0 Å². The van der Waals surface area contributed by atoms with Crippen LogP contribution in [0.1, 0.15) is 31.9 Å². The van der Waals surface area contributed by atoms with Gasteiger partial charge in [0.15, 0.2) is 0 Å². The maximum absolute atomic E-state index is 10.4. The van der Waals surface area contributed by atoms with Gasteiger partial charge in [0.25, 0.3) is 0 Å². The Morgan fingerprint density at radius 2 is 2.05 bits per heavy atom. The van der Waals surface area contributed by atoms with Crippen molar-refractivity contribution in [3.05, 3.63) is 35.9 Å². The molecule has 0 radical (unpaired) electrons. The quantitative estimate of drug-likeness (QED) is 0.805. The molecule has 0 aliphatic carbocycles. The van der Waals surface area contributed by atoms with Gasteiger partial charge in [-0.2, -0.15) is 0 Å². The van der Waals surface area contributed by atoms with Crippen LogP contribution >= 0.6 is 0 Å². The maximum atomic E-state index is 10.4. The zero-order valence-electron chi connectivity index (χ0n) is 14.4. The van der Waals surface area contributed by atoms with Gasteiger partial charge in [0.2, 0.25) is 0 Å². The Bertz CT molecular complexity index is 447. The fraction of sp³-hybridized carbons (Fsp3) is 0.667. The monoisotopic (exact) mass is 305 g/mol. The molecule has 22 heavy (non-hydrogen) atoms. The standard InChI is InChI=1S/C18H31N3O/c1-15(16-8-6-5-7-9-16)21-11-10-17(12-21)19-13-18(2,22)14-20(3)4/h5-9,15,17,19,22H,10-14H2,1-4H3. The summed E-state index contributed by atoms with van der Waals surface area (Å²) >= 11 is 0. The Balaban J connectivity index is 1.80. The van der Waals surface area contributed by atoms with Crippen molar-refractivity contribution in [2.75, 3.05) is 40.3 Å². The fourth-order valence-corrected chi connectivity index (χ4v) is 3.35. The van der Waals surface area contributed by atoms with E-state index in [2.05, 4.69) is 47.5 Å². The first-order valence-electron chi connectivity index (χ1n) is 8.27. The summed E-state index contributed by atoms with van der Waals surface area (Å²) in [6.45, 7) is 7.66. The normalized spacial score (nSPS) is 23.6. The molecular weight excluding hydrogens is 274 g/mol. The van der Waals surface area contributed by atoms with Crippen LogP contribution in [0, 0.1) is 0 Å². The second-order valence-corrected chi connectivity index (χ2v) is 7.18. The van der Waals surface area contributed by atoms with E-state index < -0.39 is 5.60 Å². The number of hydrogen-bond acceptors (Lipinski definition) is 4. The zero-order valence-corrected chi connectivity index (χ0v) is 14.4. The van der Waals surface area contributed by atoms with Crippen LogP contribution in [-0.4, -0.2) is 66.8 Å².